The molecule has 2 aliphatic rings. The van der Waals surface area contributed by atoms with E-state index in [-0.39, 0.29) is 0 Å². The second-order valence-electron chi connectivity index (χ2n) is 4.75. The van der Waals surface area contributed by atoms with E-state index in [1.807, 2.05) is 0 Å². The number of amides is 1. The second kappa shape index (κ2) is 4.97. The lowest BCUT2D eigenvalue weighted by atomic mass is 9.97. The molecule has 0 radical (unpaired) electrons. The summed E-state index contributed by atoms with van der Waals surface area (Å²) in [6, 6.07) is 0.507. The zero-order valence-corrected chi connectivity index (χ0v) is 9.58. The molecule has 1 unspecified atom stereocenters. The van der Waals surface area contributed by atoms with E-state index in [4.69, 9.17) is 4.74 Å². The molecule has 15 heavy (non-hydrogen) atoms. The zero-order valence-electron chi connectivity index (χ0n) is 9.58. The molecule has 2 aliphatic heterocycles. The maximum absolute atomic E-state index is 12.0. The number of nitrogens with zero attached hydrogens (tertiary/aromatic N) is 1. The molecule has 0 spiro atoms. The summed E-state index contributed by atoms with van der Waals surface area (Å²) < 4.78 is 5.11. The normalized spacial score (nSPS) is 27.5. The minimum Gasteiger partial charge on any atom is -0.381 e. The van der Waals surface area contributed by atoms with Crippen molar-refractivity contribution in [1.82, 2.24) is 4.90 Å². The molecule has 0 aromatic rings. The number of likely N-dealkylation sites (tertiary alicyclic amines) is 1. The highest BCUT2D eigenvalue weighted by Crippen LogP contribution is 2.23. The summed E-state index contributed by atoms with van der Waals surface area (Å²) in [5.41, 5.74) is 0. The average molecular weight is 211 g/mol. The number of carbonyl (C=O) groups is 1. The third kappa shape index (κ3) is 2.51. The molecular weight excluding hydrogens is 190 g/mol. The number of rotatable bonds is 3. The van der Waals surface area contributed by atoms with Gasteiger partial charge in [-0.3, -0.25) is 4.79 Å². The van der Waals surface area contributed by atoms with E-state index in [2.05, 4.69) is 11.8 Å². The predicted molar refractivity (Wildman–Crippen MR) is 58.6 cm³/mol. The predicted octanol–water partition coefficient (Wildman–Crippen LogP) is 1.81. The minimum atomic E-state index is 0.356. The van der Waals surface area contributed by atoms with Gasteiger partial charge in [0, 0.05) is 24.9 Å². The maximum atomic E-state index is 12.0. The summed E-state index contributed by atoms with van der Waals surface area (Å²) in [4.78, 5) is 14.2. The van der Waals surface area contributed by atoms with Crippen LogP contribution in [0.4, 0.5) is 0 Å². The number of hydrogen-bond donors (Lipinski definition) is 0. The van der Waals surface area contributed by atoms with Gasteiger partial charge in [0.1, 0.15) is 0 Å². The average Bonchev–Trinajstić information content (AvgIpc) is 2.23. The molecule has 2 rings (SSSR count). The van der Waals surface area contributed by atoms with Gasteiger partial charge in [0.05, 0.1) is 13.2 Å². The lowest BCUT2D eigenvalue weighted by Crippen LogP contribution is -2.45. The molecular formula is C12H21NO2. The van der Waals surface area contributed by atoms with Crippen molar-refractivity contribution in [3.05, 3.63) is 0 Å². The van der Waals surface area contributed by atoms with Crippen molar-refractivity contribution in [2.75, 3.05) is 19.8 Å². The molecule has 86 valence electrons. The summed E-state index contributed by atoms with van der Waals surface area (Å²) >= 11 is 0. The fraction of sp³-hybridized carbons (Fsp3) is 0.917. The molecule has 0 N–H and O–H groups in total. The van der Waals surface area contributed by atoms with Gasteiger partial charge >= 0.3 is 0 Å². The van der Waals surface area contributed by atoms with Crippen molar-refractivity contribution in [1.29, 1.82) is 0 Å². The van der Waals surface area contributed by atoms with Crippen LogP contribution in [-0.2, 0) is 9.53 Å². The minimum absolute atomic E-state index is 0.356. The van der Waals surface area contributed by atoms with Gasteiger partial charge < -0.3 is 9.64 Å². The van der Waals surface area contributed by atoms with Crippen molar-refractivity contribution in [3.63, 3.8) is 0 Å². The summed E-state index contributed by atoms with van der Waals surface area (Å²) in [7, 11) is 0. The Morgan fingerprint density at radius 3 is 2.80 bits per heavy atom. The van der Waals surface area contributed by atoms with Crippen LogP contribution in [-0.4, -0.2) is 36.6 Å². The van der Waals surface area contributed by atoms with Gasteiger partial charge in [-0.15, -0.1) is 0 Å². The standard InChI is InChI=1S/C12H21NO2/c1-2-11-5-3-4-6-13(11)12(14)7-10-8-15-9-10/h10-11H,2-9H2,1H3. The molecule has 0 aromatic heterocycles. The largest absolute Gasteiger partial charge is 0.381 e. The third-order valence-electron chi connectivity index (χ3n) is 3.59. The Labute approximate surface area is 91.8 Å². The van der Waals surface area contributed by atoms with Gasteiger partial charge in [0.15, 0.2) is 0 Å². The molecule has 3 nitrogen and oxygen atoms in total. The summed E-state index contributed by atoms with van der Waals surface area (Å²) in [6.45, 7) is 4.74. The van der Waals surface area contributed by atoms with E-state index in [1.165, 1.54) is 19.3 Å². The molecule has 0 aromatic carbocycles. The van der Waals surface area contributed by atoms with Crippen LogP contribution in [0, 0.1) is 5.92 Å². The lowest BCUT2D eigenvalue weighted by molar-refractivity contribution is -0.140. The highest BCUT2D eigenvalue weighted by Gasteiger charge is 2.29. The third-order valence-corrected chi connectivity index (χ3v) is 3.59. The smallest absolute Gasteiger partial charge is 0.223 e. The Kier molecular flexibility index (Phi) is 3.62. The van der Waals surface area contributed by atoms with Gasteiger partial charge in [0.2, 0.25) is 5.91 Å². The monoisotopic (exact) mass is 211 g/mol. The highest BCUT2D eigenvalue weighted by atomic mass is 16.5. The molecule has 3 heteroatoms. The first-order valence-corrected chi connectivity index (χ1v) is 6.18. The Bertz CT molecular complexity index is 226. The molecule has 1 atom stereocenters. The van der Waals surface area contributed by atoms with E-state index in [9.17, 15) is 4.79 Å². The van der Waals surface area contributed by atoms with E-state index in [0.717, 1.165) is 26.2 Å². The molecule has 2 fully saturated rings. The van der Waals surface area contributed by atoms with Crippen LogP contribution in [0.2, 0.25) is 0 Å². The Balaban J connectivity index is 1.85. The van der Waals surface area contributed by atoms with Crippen LogP contribution >= 0.6 is 0 Å². The van der Waals surface area contributed by atoms with Crippen LogP contribution in [0.3, 0.4) is 0 Å². The van der Waals surface area contributed by atoms with Crippen LogP contribution in [0.5, 0.6) is 0 Å². The maximum Gasteiger partial charge on any atom is 0.223 e. The molecule has 0 aliphatic carbocycles. The van der Waals surface area contributed by atoms with Crippen molar-refractivity contribution >= 4 is 5.91 Å². The summed E-state index contributed by atoms with van der Waals surface area (Å²) in [5, 5.41) is 0. The van der Waals surface area contributed by atoms with E-state index in [0.29, 0.717) is 24.3 Å². The van der Waals surface area contributed by atoms with E-state index >= 15 is 0 Å². The van der Waals surface area contributed by atoms with E-state index < -0.39 is 0 Å². The van der Waals surface area contributed by atoms with Gasteiger partial charge in [-0.2, -0.15) is 0 Å². The van der Waals surface area contributed by atoms with Crippen LogP contribution in [0.1, 0.15) is 39.0 Å². The van der Waals surface area contributed by atoms with Crippen LogP contribution in [0.25, 0.3) is 0 Å². The van der Waals surface area contributed by atoms with Crippen molar-refractivity contribution in [3.8, 4) is 0 Å². The topological polar surface area (TPSA) is 29.5 Å². The van der Waals surface area contributed by atoms with Crippen molar-refractivity contribution < 1.29 is 9.53 Å². The molecule has 2 heterocycles. The lowest BCUT2D eigenvalue weighted by Gasteiger charge is -2.37. The van der Waals surface area contributed by atoms with Crippen molar-refractivity contribution in [2.45, 2.75) is 45.1 Å². The first kappa shape index (κ1) is 10.9. The van der Waals surface area contributed by atoms with Gasteiger partial charge in [-0.1, -0.05) is 6.92 Å². The van der Waals surface area contributed by atoms with Crippen LogP contribution in [0.15, 0.2) is 0 Å². The van der Waals surface area contributed by atoms with Gasteiger partial charge in [0.25, 0.3) is 0 Å². The number of ether oxygens (including phenoxy) is 1. The fourth-order valence-electron chi connectivity index (χ4n) is 2.52. The molecule has 2 saturated heterocycles. The highest BCUT2D eigenvalue weighted by molar-refractivity contribution is 5.77. The molecule has 0 saturated carbocycles. The molecule has 0 bridgehead atoms. The summed E-state index contributed by atoms with van der Waals surface area (Å²) in [6.07, 6.45) is 5.48. The second-order valence-corrected chi connectivity index (χ2v) is 4.75. The van der Waals surface area contributed by atoms with Crippen molar-refractivity contribution in [2.24, 2.45) is 5.92 Å². The quantitative estimate of drug-likeness (QED) is 0.712. The molecule has 1 amide bonds. The number of hydrogen-bond acceptors (Lipinski definition) is 2. The Morgan fingerprint density at radius 2 is 2.20 bits per heavy atom. The Hall–Kier alpha value is -0.570. The first-order chi connectivity index (χ1) is 7.31. The Morgan fingerprint density at radius 1 is 1.40 bits per heavy atom. The number of carbonyl (C=O) groups excluding carboxylic acids is 1. The zero-order chi connectivity index (χ0) is 10.7. The first-order valence-electron chi connectivity index (χ1n) is 6.18. The van der Waals surface area contributed by atoms with Crippen LogP contribution < -0.4 is 0 Å². The van der Waals surface area contributed by atoms with Gasteiger partial charge in [-0.25, -0.2) is 0 Å². The fourth-order valence-corrected chi connectivity index (χ4v) is 2.52. The van der Waals surface area contributed by atoms with Gasteiger partial charge in [-0.05, 0) is 25.7 Å². The number of piperidine rings is 1. The SMILES string of the molecule is CCC1CCCCN1C(=O)CC1COC1. The summed E-state index contributed by atoms with van der Waals surface area (Å²) in [5.74, 6) is 0.854. The van der Waals surface area contributed by atoms with E-state index in [1.54, 1.807) is 0 Å².